The summed E-state index contributed by atoms with van der Waals surface area (Å²) in [7, 11) is 0. The molecular weight excluding hydrogens is 264 g/mol. The van der Waals surface area contributed by atoms with Crippen molar-refractivity contribution in [2.45, 2.75) is 55.9 Å². The lowest BCUT2D eigenvalue weighted by molar-refractivity contribution is -0.115. The number of hydrogen-bond acceptors (Lipinski definition) is 2. The number of carbonyl (C=O) groups excluding carboxylic acids is 1. The first kappa shape index (κ1) is 17.0. The van der Waals surface area contributed by atoms with Gasteiger partial charge in [-0.3, -0.25) is 4.79 Å². The molecule has 0 N–H and O–H groups in total. The van der Waals surface area contributed by atoms with Gasteiger partial charge in [-0.05, 0) is 45.1 Å². The van der Waals surface area contributed by atoms with E-state index >= 15 is 0 Å². The molecule has 1 aliphatic rings. The number of thioether (sulfide) groups is 1. The van der Waals surface area contributed by atoms with Crippen LogP contribution in [0, 0.1) is 0 Å². The first-order valence-corrected chi connectivity index (χ1v) is 8.16. The summed E-state index contributed by atoms with van der Waals surface area (Å²) < 4.78 is 0.181. The monoisotopic (exact) mass is 290 g/mol. The maximum atomic E-state index is 11.6. The number of allylic oxidation sites excluding steroid dienone is 5. The van der Waals surface area contributed by atoms with Crippen molar-refractivity contribution in [3.63, 3.8) is 0 Å². The number of hydrogen-bond donors (Lipinski definition) is 0. The zero-order valence-electron chi connectivity index (χ0n) is 12.7. The smallest absolute Gasteiger partial charge is 0.157 e. The molecule has 0 saturated heterocycles. The molecule has 0 radical (unpaired) electrons. The first-order valence-electron chi connectivity index (χ1n) is 7.28. The fourth-order valence-corrected chi connectivity index (χ4v) is 3.92. The van der Waals surface area contributed by atoms with E-state index in [0.29, 0.717) is 17.2 Å². The van der Waals surface area contributed by atoms with Crippen LogP contribution >= 0.6 is 11.8 Å². The molecule has 0 amide bonds. The van der Waals surface area contributed by atoms with E-state index in [2.05, 4.69) is 44.4 Å². The third kappa shape index (κ3) is 5.96. The Kier molecular flexibility index (Phi) is 7.08. The highest BCUT2D eigenvalue weighted by atomic mass is 32.2. The second-order valence-corrected chi connectivity index (χ2v) is 7.50. The maximum Gasteiger partial charge on any atom is 0.157 e. The van der Waals surface area contributed by atoms with Crippen LogP contribution in [-0.4, -0.2) is 15.8 Å². The Morgan fingerprint density at radius 2 is 2.25 bits per heavy atom. The summed E-state index contributed by atoms with van der Waals surface area (Å²) in [5, 5.41) is 0.534. The van der Waals surface area contributed by atoms with Gasteiger partial charge in [0.15, 0.2) is 5.78 Å². The van der Waals surface area contributed by atoms with Gasteiger partial charge >= 0.3 is 0 Å². The molecule has 0 unspecified atom stereocenters. The van der Waals surface area contributed by atoms with E-state index in [1.54, 1.807) is 6.92 Å². The molecule has 0 bridgehead atoms. The molecule has 0 fully saturated rings. The molecule has 0 aromatic rings. The summed E-state index contributed by atoms with van der Waals surface area (Å²) in [6.45, 7) is 11.6. The lowest BCUT2D eigenvalue weighted by atomic mass is 10.0. The Balaban J connectivity index is 2.46. The topological polar surface area (TPSA) is 17.1 Å². The van der Waals surface area contributed by atoms with Gasteiger partial charge in [-0.25, -0.2) is 0 Å². The van der Waals surface area contributed by atoms with E-state index in [9.17, 15) is 4.79 Å². The predicted octanol–water partition coefficient (Wildman–Crippen LogP) is 5.25. The molecule has 1 nitrogen and oxygen atoms in total. The normalized spacial score (nSPS) is 22.5. The van der Waals surface area contributed by atoms with Crippen molar-refractivity contribution in [1.82, 2.24) is 0 Å². The molecule has 2 atom stereocenters. The fourth-order valence-electron chi connectivity index (χ4n) is 2.29. The van der Waals surface area contributed by atoms with Gasteiger partial charge in [0, 0.05) is 16.4 Å². The van der Waals surface area contributed by atoms with Crippen LogP contribution in [0.2, 0.25) is 0 Å². The van der Waals surface area contributed by atoms with Gasteiger partial charge in [0.05, 0.1) is 0 Å². The summed E-state index contributed by atoms with van der Waals surface area (Å²) in [5.74, 6) is 0.194. The average Bonchev–Trinajstić information content (AvgIpc) is 2.39. The Bertz CT molecular complexity index is 419. The van der Waals surface area contributed by atoms with Crippen molar-refractivity contribution < 1.29 is 4.79 Å². The van der Waals surface area contributed by atoms with Gasteiger partial charge in [0.25, 0.3) is 0 Å². The molecule has 0 aliphatic heterocycles. The van der Waals surface area contributed by atoms with Gasteiger partial charge in [-0.1, -0.05) is 37.0 Å². The van der Waals surface area contributed by atoms with Gasteiger partial charge in [-0.2, -0.15) is 0 Å². The van der Waals surface area contributed by atoms with Crippen LogP contribution in [0.3, 0.4) is 0 Å². The van der Waals surface area contributed by atoms with Crippen LogP contribution in [0.25, 0.3) is 0 Å². The Labute approximate surface area is 127 Å². The third-order valence-corrected chi connectivity index (χ3v) is 5.09. The van der Waals surface area contributed by atoms with Crippen molar-refractivity contribution >= 4 is 17.5 Å². The third-order valence-electron chi connectivity index (χ3n) is 3.49. The molecule has 0 aromatic carbocycles. The minimum Gasteiger partial charge on any atom is -0.295 e. The average molecular weight is 290 g/mol. The van der Waals surface area contributed by atoms with E-state index in [4.69, 9.17) is 0 Å². The molecule has 0 spiro atoms. The predicted molar refractivity (Wildman–Crippen MR) is 91.2 cm³/mol. The van der Waals surface area contributed by atoms with E-state index in [-0.39, 0.29) is 10.5 Å². The lowest BCUT2D eigenvalue weighted by Gasteiger charge is -2.30. The largest absolute Gasteiger partial charge is 0.295 e. The van der Waals surface area contributed by atoms with Gasteiger partial charge < -0.3 is 0 Å². The second kappa shape index (κ2) is 8.31. The molecule has 0 heterocycles. The molecule has 2 heteroatoms. The lowest BCUT2D eigenvalue weighted by Crippen LogP contribution is -2.22. The molecule has 20 heavy (non-hydrogen) atoms. The number of rotatable bonds is 9. The molecule has 1 aliphatic carbocycles. The summed E-state index contributed by atoms with van der Waals surface area (Å²) in [6, 6.07) is 0. The van der Waals surface area contributed by atoms with Crippen LogP contribution in [0.1, 0.15) is 46.0 Å². The van der Waals surface area contributed by atoms with E-state index < -0.39 is 0 Å². The van der Waals surface area contributed by atoms with Crippen molar-refractivity contribution in [2.75, 3.05) is 0 Å². The highest BCUT2D eigenvalue weighted by Gasteiger charge is 2.25. The van der Waals surface area contributed by atoms with Gasteiger partial charge in [0.2, 0.25) is 0 Å². The minimum atomic E-state index is 0.181. The highest BCUT2D eigenvalue weighted by molar-refractivity contribution is 8.01. The van der Waals surface area contributed by atoms with E-state index in [1.807, 2.05) is 17.8 Å². The van der Waals surface area contributed by atoms with E-state index in [0.717, 1.165) is 25.7 Å². The van der Waals surface area contributed by atoms with Crippen molar-refractivity contribution in [3.05, 3.63) is 49.1 Å². The van der Waals surface area contributed by atoms with Crippen LogP contribution in [0.4, 0.5) is 0 Å². The van der Waals surface area contributed by atoms with Crippen LogP contribution in [0.15, 0.2) is 49.1 Å². The van der Waals surface area contributed by atoms with Gasteiger partial charge in [-0.15, -0.1) is 18.3 Å². The molecule has 1 rings (SSSR count). The Hall–Kier alpha value is -1.02. The molecular formula is C18H26OS. The number of carbonyl (C=O) groups is 1. The van der Waals surface area contributed by atoms with Crippen molar-refractivity contribution in [3.8, 4) is 0 Å². The van der Waals surface area contributed by atoms with Crippen LogP contribution < -0.4 is 0 Å². The van der Waals surface area contributed by atoms with Crippen molar-refractivity contribution in [1.29, 1.82) is 0 Å². The Morgan fingerprint density at radius 1 is 1.50 bits per heavy atom. The molecule has 0 saturated carbocycles. The first-order chi connectivity index (χ1) is 9.47. The Morgan fingerprint density at radius 3 is 2.80 bits per heavy atom. The van der Waals surface area contributed by atoms with Crippen molar-refractivity contribution in [2.24, 2.45) is 0 Å². The molecule has 110 valence electrons. The number of ketones is 1. The summed E-state index contributed by atoms with van der Waals surface area (Å²) >= 11 is 2.01. The zero-order valence-corrected chi connectivity index (χ0v) is 13.5. The summed E-state index contributed by atoms with van der Waals surface area (Å²) in [4.78, 5) is 11.6. The number of Topliss-reactive ketones (excluding diaryl/α,β-unsaturated/α-hetero) is 1. The van der Waals surface area contributed by atoms with Gasteiger partial charge in [0.1, 0.15) is 0 Å². The standard InChI is InChI=1S/C18H26OS/c1-5-10-16(11-9-12-17(19)15(2)3)20-18(4)13-7-6-8-14-18/h5-8,13,16H,1-2,9-12,14H2,3-4H3/t16-,18-/m1/s1. The van der Waals surface area contributed by atoms with Crippen LogP contribution in [0.5, 0.6) is 0 Å². The fraction of sp³-hybridized carbons (Fsp3) is 0.500. The van der Waals surface area contributed by atoms with Crippen LogP contribution in [-0.2, 0) is 4.79 Å². The molecule has 0 aromatic heterocycles. The SMILES string of the molecule is C=CC[C@H](CCCC(=O)C(=C)C)S[C@]1(C)C=CC=CC1. The quantitative estimate of drug-likeness (QED) is 0.426. The minimum absolute atomic E-state index is 0.181. The maximum absolute atomic E-state index is 11.6. The second-order valence-electron chi connectivity index (χ2n) is 5.66. The summed E-state index contributed by atoms with van der Waals surface area (Å²) in [6.07, 6.45) is 15.4. The van der Waals surface area contributed by atoms with E-state index in [1.165, 1.54) is 0 Å². The zero-order chi connectivity index (χ0) is 15.0. The highest BCUT2D eigenvalue weighted by Crippen LogP contribution is 2.39. The summed E-state index contributed by atoms with van der Waals surface area (Å²) in [5.41, 5.74) is 0.672.